The largest absolute Gasteiger partial charge is 0.233 e. The lowest BCUT2D eigenvalue weighted by Gasteiger charge is -1.97. The minimum absolute atomic E-state index is 0.125. The van der Waals surface area contributed by atoms with Gasteiger partial charge in [0, 0.05) is 16.6 Å². The van der Waals surface area contributed by atoms with E-state index in [1.54, 1.807) is 0 Å². The van der Waals surface area contributed by atoms with Crippen molar-refractivity contribution in [1.82, 2.24) is 9.36 Å². The molecule has 1 aliphatic rings. The topological polar surface area (TPSA) is 94.1 Å². The molecule has 0 atom stereocenters. The highest BCUT2D eigenvalue weighted by Crippen LogP contribution is 2.39. The van der Waals surface area contributed by atoms with E-state index in [1.807, 2.05) is 0 Å². The number of aromatic nitrogens is 2. The van der Waals surface area contributed by atoms with Gasteiger partial charge in [-0.1, -0.05) is 0 Å². The van der Waals surface area contributed by atoms with E-state index in [4.69, 9.17) is 10.7 Å². The van der Waals surface area contributed by atoms with Gasteiger partial charge in [0.2, 0.25) is 23.2 Å². The quantitative estimate of drug-likeness (QED) is 0.744. The van der Waals surface area contributed by atoms with E-state index in [-0.39, 0.29) is 10.3 Å². The molecule has 17 heavy (non-hydrogen) atoms. The Morgan fingerprint density at radius 2 is 1.88 bits per heavy atom. The fourth-order valence-electron chi connectivity index (χ4n) is 1.15. The van der Waals surface area contributed by atoms with E-state index >= 15 is 0 Å². The summed E-state index contributed by atoms with van der Waals surface area (Å²) in [7, 11) is -2.54. The third-order valence-corrected chi connectivity index (χ3v) is 6.52. The smallest absolute Gasteiger partial charge is 0.221 e. The van der Waals surface area contributed by atoms with Gasteiger partial charge in [-0.3, -0.25) is 0 Å². The van der Waals surface area contributed by atoms with Crippen molar-refractivity contribution < 1.29 is 16.8 Å². The van der Waals surface area contributed by atoms with Crippen LogP contribution in [0.4, 0.5) is 0 Å². The van der Waals surface area contributed by atoms with E-state index < -0.39 is 30.4 Å². The van der Waals surface area contributed by atoms with E-state index in [0.717, 1.165) is 24.4 Å². The van der Waals surface area contributed by atoms with Crippen LogP contribution < -0.4 is 0 Å². The number of sulfone groups is 1. The molecule has 96 valence electrons. The van der Waals surface area contributed by atoms with Crippen molar-refractivity contribution in [3.05, 3.63) is 5.82 Å². The summed E-state index contributed by atoms with van der Waals surface area (Å²) in [6.07, 6.45) is 1.96. The highest BCUT2D eigenvalue weighted by molar-refractivity contribution is 8.14. The van der Waals surface area contributed by atoms with Crippen molar-refractivity contribution in [1.29, 1.82) is 0 Å². The molecule has 0 amide bonds. The monoisotopic (exact) mass is 316 g/mol. The van der Waals surface area contributed by atoms with E-state index in [1.165, 1.54) is 0 Å². The van der Waals surface area contributed by atoms with Gasteiger partial charge in [-0.2, -0.15) is 4.37 Å². The normalized spacial score (nSPS) is 17.2. The Labute approximate surface area is 108 Å². The first-order valence-corrected chi connectivity index (χ1v) is 9.67. The number of hydrogen-bond donors (Lipinski definition) is 0. The molecule has 1 aromatic heterocycles. The van der Waals surface area contributed by atoms with Gasteiger partial charge in [0.05, 0.1) is 11.5 Å². The molecule has 0 N–H and O–H groups in total. The minimum atomic E-state index is -3.81. The van der Waals surface area contributed by atoms with Crippen LogP contribution >= 0.6 is 22.2 Å². The van der Waals surface area contributed by atoms with Crippen LogP contribution in [0.3, 0.4) is 0 Å². The van der Waals surface area contributed by atoms with Crippen molar-refractivity contribution in [2.24, 2.45) is 0 Å². The molecule has 1 fully saturated rings. The molecule has 1 aliphatic carbocycles. The van der Waals surface area contributed by atoms with Crippen LogP contribution in [0, 0.1) is 0 Å². The predicted molar refractivity (Wildman–Crippen MR) is 63.6 cm³/mol. The van der Waals surface area contributed by atoms with Gasteiger partial charge < -0.3 is 0 Å². The standard InChI is InChI=1S/C7H9ClN2O4S3/c8-17(13,14)4-3-16(11,12)7-9-6(10-15-7)5-1-2-5/h5H,1-4H2. The lowest BCUT2D eigenvalue weighted by atomic mass is 10.4. The van der Waals surface area contributed by atoms with Crippen LogP contribution in [0.1, 0.15) is 24.6 Å². The molecule has 1 saturated carbocycles. The summed E-state index contributed by atoms with van der Waals surface area (Å²) in [4.78, 5) is 3.93. The van der Waals surface area contributed by atoms with Crippen molar-refractivity contribution in [2.45, 2.75) is 23.1 Å². The molecule has 1 aromatic rings. The summed E-state index contributed by atoms with van der Waals surface area (Å²) in [6.45, 7) is 0. The maximum atomic E-state index is 11.7. The first-order valence-electron chi connectivity index (χ1n) is 4.77. The lowest BCUT2D eigenvalue weighted by molar-refractivity contribution is 0.591. The zero-order chi connectivity index (χ0) is 12.7. The van der Waals surface area contributed by atoms with E-state index in [9.17, 15) is 16.8 Å². The molecule has 0 aliphatic heterocycles. The fraction of sp³-hybridized carbons (Fsp3) is 0.714. The van der Waals surface area contributed by atoms with Gasteiger partial charge in [0.15, 0.2) is 0 Å². The summed E-state index contributed by atoms with van der Waals surface area (Å²) in [5.74, 6) is -0.359. The predicted octanol–water partition coefficient (Wildman–Crippen LogP) is 0.758. The van der Waals surface area contributed by atoms with Gasteiger partial charge in [-0.05, 0) is 24.4 Å². The van der Waals surface area contributed by atoms with Gasteiger partial charge in [-0.15, -0.1) is 0 Å². The average molecular weight is 317 g/mol. The summed E-state index contributed by atoms with van der Waals surface area (Å²) in [5, 5.41) is 0. The first-order chi connectivity index (χ1) is 7.78. The summed E-state index contributed by atoms with van der Waals surface area (Å²) < 4.78 is 48.7. The molecule has 0 spiro atoms. The van der Waals surface area contributed by atoms with Crippen LogP contribution in [0.15, 0.2) is 4.34 Å². The summed E-state index contributed by atoms with van der Waals surface area (Å²) in [6, 6.07) is 0. The van der Waals surface area contributed by atoms with Gasteiger partial charge in [-0.25, -0.2) is 21.8 Å². The second-order valence-electron chi connectivity index (χ2n) is 3.75. The first kappa shape index (κ1) is 13.2. The molecular formula is C7H9ClN2O4S3. The molecule has 1 heterocycles. The van der Waals surface area contributed by atoms with Gasteiger partial charge in [0.25, 0.3) is 0 Å². The molecule has 6 nitrogen and oxygen atoms in total. The Hall–Kier alpha value is -0.250. The lowest BCUT2D eigenvalue weighted by Crippen LogP contribution is -2.14. The van der Waals surface area contributed by atoms with Crippen LogP contribution in [0.5, 0.6) is 0 Å². The maximum Gasteiger partial charge on any atom is 0.233 e. The Morgan fingerprint density at radius 3 is 2.41 bits per heavy atom. The van der Waals surface area contributed by atoms with Crippen molar-refractivity contribution in [3.8, 4) is 0 Å². The second-order valence-corrected chi connectivity index (χ2v) is 9.69. The van der Waals surface area contributed by atoms with Crippen LogP contribution in [0.25, 0.3) is 0 Å². The average Bonchev–Trinajstić information content (AvgIpc) is 2.92. The molecule has 0 saturated heterocycles. The van der Waals surface area contributed by atoms with Gasteiger partial charge >= 0.3 is 0 Å². The maximum absolute atomic E-state index is 11.7. The Morgan fingerprint density at radius 1 is 1.24 bits per heavy atom. The fourth-order valence-corrected chi connectivity index (χ4v) is 5.11. The van der Waals surface area contributed by atoms with Crippen molar-refractivity contribution in [2.75, 3.05) is 11.5 Å². The highest BCUT2D eigenvalue weighted by atomic mass is 35.7. The molecule has 0 bridgehead atoms. The molecule has 2 rings (SSSR count). The SMILES string of the molecule is O=S(=O)(Cl)CCS(=O)(=O)c1nc(C2CC2)ns1. The van der Waals surface area contributed by atoms with Crippen molar-refractivity contribution >= 4 is 41.1 Å². The van der Waals surface area contributed by atoms with Crippen LogP contribution in [0.2, 0.25) is 0 Å². The third-order valence-electron chi connectivity index (χ3n) is 2.23. The zero-order valence-corrected chi connectivity index (χ0v) is 11.7. The Bertz CT molecular complexity index is 617. The minimum Gasteiger partial charge on any atom is -0.221 e. The Kier molecular flexibility index (Phi) is 3.45. The molecule has 0 radical (unpaired) electrons. The second kappa shape index (κ2) is 4.45. The highest BCUT2D eigenvalue weighted by Gasteiger charge is 2.30. The summed E-state index contributed by atoms with van der Waals surface area (Å²) in [5.41, 5.74) is 0. The van der Waals surface area contributed by atoms with E-state index in [0.29, 0.717) is 5.82 Å². The molecule has 0 aromatic carbocycles. The van der Waals surface area contributed by atoms with Gasteiger partial charge in [0.1, 0.15) is 5.82 Å². The van der Waals surface area contributed by atoms with Crippen LogP contribution in [-0.2, 0) is 18.9 Å². The van der Waals surface area contributed by atoms with E-state index in [2.05, 4.69) is 9.36 Å². The molecule has 10 heteroatoms. The van der Waals surface area contributed by atoms with Crippen LogP contribution in [-0.4, -0.2) is 37.7 Å². The summed E-state index contributed by atoms with van der Waals surface area (Å²) >= 11 is 0.788. The Balaban J connectivity index is 2.13. The number of rotatable bonds is 5. The zero-order valence-electron chi connectivity index (χ0n) is 8.54. The third kappa shape index (κ3) is 3.60. The number of halogens is 1. The molecular weight excluding hydrogens is 308 g/mol. The van der Waals surface area contributed by atoms with Crippen molar-refractivity contribution in [3.63, 3.8) is 0 Å². The molecule has 0 unspecified atom stereocenters. The number of hydrogen-bond acceptors (Lipinski definition) is 7. The number of nitrogens with zero attached hydrogens (tertiary/aromatic N) is 2.